The predicted octanol–water partition coefficient (Wildman–Crippen LogP) is 2.79. The molecule has 2 aromatic rings. The van der Waals surface area contributed by atoms with E-state index in [0.717, 1.165) is 35.7 Å². The highest BCUT2D eigenvalue weighted by atomic mass is 16.3. The van der Waals surface area contributed by atoms with E-state index in [0.29, 0.717) is 0 Å². The van der Waals surface area contributed by atoms with Gasteiger partial charge in [0.15, 0.2) is 0 Å². The van der Waals surface area contributed by atoms with E-state index in [1.54, 1.807) is 6.20 Å². The van der Waals surface area contributed by atoms with Gasteiger partial charge in [0.25, 0.3) is 0 Å². The fourth-order valence-electron chi connectivity index (χ4n) is 1.73. The highest BCUT2D eigenvalue weighted by molar-refractivity contribution is 5.78. The van der Waals surface area contributed by atoms with Crippen molar-refractivity contribution in [2.75, 3.05) is 0 Å². The van der Waals surface area contributed by atoms with Gasteiger partial charge in [-0.1, -0.05) is 31.9 Å². The summed E-state index contributed by atoms with van der Waals surface area (Å²) >= 11 is 0. The van der Waals surface area contributed by atoms with Gasteiger partial charge in [-0.15, -0.1) is 0 Å². The first-order chi connectivity index (χ1) is 7.31. The first-order valence-corrected chi connectivity index (χ1v) is 5.42. The summed E-state index contributed by atoms with van der Waals surface area (Å²) in [6.45, 7) is 2.13. The van der Waals surface area contributed by atoms with Crippen molar-refractivity contribution in [1.29, 1.82) is 0 Å². The third kappa shape index (κ3) is 2.18. The van der Waals surface area contributed by atoms with E-state index in [9.17, 15) is 5.11 Å². The van der Waals surface area contributed by atoms with Gasteiger partial charge in [0.05, 0.1) is 17.8 Å². The maximum absolute atomic E-state index is 9.91. The quantitative estimate of drug-likeness (QED) is 0.804. The molecule has 1 aromatic carbocycles. The molecule has 15 heavy (non-hydrogen) atoms. The zero-order valence-corrected chi connectivity index (χ0v) is 8.90. The number of hydrogen-bond donors (Lipinski definition) is 2. The van der Waals surface area contributed by atoms with Crippen LogP contribution in [0.4, 0.5) is 0 Å². The Hall–Kier alpha value is -1.35. The molecule has 0 aliphatic carbocycles. The minimum absolute atomic E-state index is 0.349. The maximum Gasteiger partial charge on any atom is 0.0790 e. The van der Waals surface area contributed by atoms with E-state index in [4.69, 9.17) is 0 Å². The molecule has 80 valence electrons. The molecular formula is C12H16N2O. The molecule has 2 N–H and O–H groups in total. The SMILES string of the molecule is CCCCC(O)c1ccc2cn[nH]c2c1. The molecule has 0 amide bonds. The molecule has 0 spiro atoms. The Bertz CT molecular complexity index is 436. The number of rotatable bonds is 4. The third-order valence-corrected chi connectivity index (χ3v) is 2.68. The fraction of sp³-hybridized carbons (Fsp3) is 0.417. The lowest BCUT2D eigenvalue weighted by Gasteiger charge is -2.09. The number of hydrogen-bond acceptors (Lipinski definition) is 2. The van der Waals surface area contributed by atoms with E-state index >= 15 is 0 Å². The molecule has 2 rings (SSSR count). The van der Waals surface area contributed by atoms with Crippen molar-refractivity contribution in [2.24, 2.45) is 0 Å². The third-order valence-electron chi connectivity index (χ3n) is 2.68. The molecule has 0 saturated heterocycles. The summed E-state index contributed by atoms with van der Waals surface area (Å²) in [5, 5.41) is 17.9. The minimum Gasteiger partial charge on any atom is -0.388 e. The molecule has 1 unspecified atom stereocenters. The van der Waals surface area contributed by atoms with Crippen molar-refractivity contribution < 1.29 is 5.11 Å². The van der Waals surface area contributed by atoms with Crippen molar-refractivity contribution >= 4 is 10.9 Å². The molecule has 0 radical (unpaired) electrons. The number of nitrogens with zero attached hydrogens (tertiary/aromatic N) is 1. The van der Waals surface area contributed by atoms with Crippen LogP contribution in [-0.2, 0) is 0 Å². The second-order valence-corrected chi connectivity index (χ2v) is 3.87. The van der Waals surface area contributed by atoms with Crippen LogP contribution in [0.25, 0.3) is 10.9 Å². The van der Waals surface area contributed by atoms with Crippen LogP contribution in [0.5, 0.6) is 0 Å². The van der Waals surface area contributed by atoms with Gasteiger partial charge in [-0.05, 0) is 18.1 Å². The van der Waals surface area contributed by atoms with Crippen LogP contribution in [0.1, 0.15) is 37.9 Å². The van der Waals surface area contributed by atoms with Gasteiger partial charge in [0.2, 0.25) is 0 Å². The van der Waals surface area contributed by atoms with Crippen molar-refractivity contribution in [2.45, 2.75) is 32.3 Å². The van der Waals surface area contributed by atoms with E-state index in [2.05, 4.69) is 17.1 Å². The first-order valence-electron chi connectivity index (χ1n) is 5.42. The number of aromatic nitrogens is 2. The summed E-state index contributed by atoms with van der Waals surface area (Å²) < 4.78 is 0. The Morgan fingerprint density at radius 2 is 2.33 bits per heavy atom. The largest absolute Gasteiger partial charge is 0.388 e. The smallest absolute Gasteiger partial charge is 0.0790 e. The highest BCUT2D eigenvalue weighted by Crippen LogP contribution is 2.22. The van der Waals surface area contributed by atoms with E-state index < -0.39 is 0 Å². The van der Waals surface area contributed by atoms with Crippen LogP contribution in [0.3, 0.4) is 0 Å². The van der Waals surface area contributed by atoms with E-state index in [-0.39, 0.29) is 6.10 Å². The van der Waals surface area contributed by atoms with Gasteiger partial charge in [0.1, 0.15) is 0 Å². The fourth-order valence-corrected chi connectivity index (χ4v) is 1.73. The summed E-state index contributed by atoms with van der Waals surface area (Å²) in [5.74, 6) is 0. The van der Waals surface area contributed by atoms with Crippen molar-refractivity contribution in [3.63, 3.8) is 0 Å². The van der Waals surface area contributed by atoms with Crippen LogP contribution in [0.15, 0.2) is 24.4 Å². The molecule has 0 aliphatic rings. The Labute approximate surface area is 89.1 Å². The predicted molar refractivity (Wildman–Crippen MR) is 60.6 cm³/mol. The lowest BCUT2D eigenvalue weighted by molar-refractivity contribution is 0.164. The average molecular weight is 204 g/mol. The van der Waals surface area contributed by atoms with Gasteiger partial charge in [-0.25, -0.2) is 0 Å². The second kappa shape index (κ2) is 4.45. The van der Waals surface area contributed by atoms with E-state index in [1.165, 1.54) is 0 Å². The van der Waals surface area contributed by atoms with Crippen LogP contribution in [-0.4, -0.2) is 15.3 Å². The zero-order valence-electron chi connectivity index (χ0n) is 8.90. The van der Waals surface area contributed by atoms with Crippen molar-refractivity contribution in [3.05, 3.63) is 30.0 Å². The van der Waals surface area contributed by atoms with Gasteiger partial charge >= 0.3 is 0 Å². The van der Waals surface area contributed by atoms with Crippen LogP contribution >= 0.6 is 0 Å². The number of nitrogens with one attached hydrogen (secondary N) is 1. The Morgan fingerprint density at radius 3 is 3.13 bits per heavy atom. The summed E-state index contributed by atoms with van der Waals surface area (Å²) in [6, 6.07) is 5.93. The van der Waals surface area contributed by atoms with Crippen LogP contribution < -0.4 is 0 Å². The molecule has 3 heteroatoms. The second-order valence-electron chi connectivity index (χ2n) is 3.87. The Balaban J connectivity index is 2.19. The summed E-state index contributed by atoms with van der Waals surface area (Å²) in [4.78, 5) is 0. The summed E-state index contributed by atoms with van der Waals surface area (Å²) in [7, 11) is 0. The van der Waals surface area contributed by atoms with E-state index in [1.807, 2.05) is 18.2 Å². The van der Waals surface area contributed by atoms with Crippen molar-refractivity contribution in [1.82, 2.24) is 10.2 Å². The Morgan fingerprint density at radius 1 is 1.47 bits per heavy atom. The molecule has 3 nitrogen and oxygen atoms in total. The average Bonchev–Trinajstić information content (AvgIpc) is 2.72. The van der Waals surface area contributed by atoms with Gasteiger partial charge in [0, 0.05) is 5.39 Å². The normalized spacial score (nSPS) is 13.2. The van der Waals surface area contributed by atoms with Gasteiger partial charge in [-0.3, -0.25) is 5.10 Å². The number of benzene rings is 1. The number of aliphatic hydroxyl groups is 1. The number of unbranched alkanes of at least 4 members (excludes halogenated alkanes) is 1. The molecule has 0 bridgehead atoms. The zero-order chi connectivity index (χ0) is 10.7. The van der Waals surface area contributed by atoms with Gasteiger partial charge < -0.3 is 5.11 Å². The van der Waals surface area contributed by atoms with Gasteiger partial charge in [-0.2, -0.15) is 5.10 Å². The number of H-pyrrole nitrogens is 1. The maximum atomic E-state index is 9.91. The van der Waals surface area contributed by atoms with Crippen LogP contribution in [0.2, 0.25) is 0 Å². The first kappa shape index (κ1) is 10.2. The number of aromatic amines is 1. The Kier molecular flexibility index (Phi) is 3.02. The molecule has 1 atom stereocenters. The molecule has 1 heterocycles. The highest BCUT2D eigenvalue weighted by Gasteiger charge is 2.07. The summed E-state index contributed by atoms with van der Waals surface area (Å²) in [6.07, 6.45) is 4.44. The molecule has 0 saturated carbocycles. The van der Waals surface area contributed by atoms with Crippen molar-refractivity contribution in [3.8, 4) is 0 Å². The topological polar surface area (TPSA) is 48.9 Å². The molecule has 0 aliphatic heterocycles. The lowest BCUT2D eigenvalue weighted by Crippen LogP contribution is -1.96. The monoisotopic (exact) mass is 204 g/mol. The molecule has 1 aromatic heterocycles. The minimum atomic E-state index is -0.349. The van der Waals surface area contributed by atoms with Crippen LogP contribution in [0, 0.1) is 0 Å². The summed E-state index contributed by atoms with van der Waals surface area (Å²) in [5.41, 5.74) is 1.96. The molecule has 0 fully saturated rings. The molecular weight excluding hydrogens is 188 g/mol. The lowest BCUT2D eigenvalue weighted by atomic mass is 10.0. The number of aliphatic hydroxyl groups excluding tert-OH is 1. The number of fused-ring (bicyclic) bond motifs is 1. The standard InChI is InChI=1S/C12H16N2O/c1-2-3-4-12(15)9-5-6-10-8-13-14-11(10)7-9/h5-8,12,15H,2-4H2,1H3,(H,13,14).